The number of amides is 4. The van der Waals surface area contributed by atoms with Crippen LogP contribution in [0.15, 0.2) is 66.2 Å². The molecule has 0 atom stereocenters. The highest BCUT2D eigenvalue weighted by atomic mass is 35.5. The lowest BCUT2D eigenvalue weighted by Crippen LogP contribution is -2.53. The molecule has 1 heterocycles. The second-order valence-electron chi connectivity index (χ2n) is 9.06. The van der Waals surface area contributed by atoms with Crippen LogP contribution >= 0.6 is 11.6 Å². The van der Waals surface area contributed by atoms with Crippen LogP contribution in [-0.2, 0) is 22.7 Å². The zero-order valence-corrected chi connectivity index (χ0v) is 23.8. The van der Waals surface area contributed by atoms with Gasteiger partial charge >= 0.3 is 6.03 Å². The first-order valence-corrected chi connectivity index (χ1v) is 13.5. The molecule has 0 spiro atoms. The predicted molar refractivity (Wildman–Crippen MR) is 154 cm³/mol. The highest BCUT2D eigenvalue weighted by Crippen LogP contribution is 2.32. The molecule has 0 bridgehead atoms. The minimum absolute atomic E-state index is 0.0707. The van der Waals surface area contributed by atoms with Crippen molar-refractivity contribution in [2.45, 2.75) is 33.4 Å². The highest BCUT2D eigenvalue weighted by molar-refractivity contribution is 6.31. The molecule has 0 aromatic heterocycles. The fourth-order valence-corrected chi connectivity index (χ4v) is 4.29. The second kappa shape index (κ2) is 13.7. The number of barbiturate groups is 1. The Morgan fingerprint density at radius 3 is 2.37 bits per heavy atom. The van der Waals surface area contributed by atoms with E-state index in [9.17, 15) is 14.4 Å². The van der Waals surface area contributed by atoms with E-state index in [4.69, 9.17) is 30.5 Å². The molecule has 0 unspecified atom stereocenters. The van der Waals surface area contributed by atoms with Crippen LogP contribution in [0.2, 0.25) is 5.02 Å². The Labute approximate surface area is 243 Å². The Morgan fingerprint density at radius 1 is 0.878 bits per heavy atom. The molecule has 0 radical (unpaired) electrons. The van der Waals surface area contributed by atoms with Crippen molar-refractivity contribution in [3.8, 4) is 23.0 Å². The number of imide groups is 2. The second-order valence-corrected chi connectivity index (χ2v) is 9.47. The van der Waals surface area contributed by atoms with Gasteiger partial charge in [0.05, 0.1) is 26.9 Å². The van der Waals surface area contributed by atoms with E-state index < -0.39 is 17.8 Å². The Balaban J connectivity index is 1.55. The average molecular weight is 579 g/mol. The number of benzene rings is 3. The Hall–Kier alpha value is -4.50. The fourth-order valence-electron chi connectivity index (χ4n) is 4.10. The number of urea groups is 1. The van der Waals surface area contributed by atoms with Crippen LogP contribution < -0.4 is 24.3 Å². The highest BCUT2D eigenvalue weighted by Gasteiger charge is 2.36. The molecule has 41 heavy (non-hydrogen) atoms. The van der Waals surface area contributed by atoms with Crippen molar-refractivity contribution in [1.29, 1.82) is 0 Å². The third kappa shape index (κ3) is 7.18. The van der Waals surface area contributed by atoms with Crippen LogP contribution in [0.25, 0.3) is 6.08 Å². The van der Waals surface area contributed by atoms with Crippen molar-refractivity contribution < 1.29 is 33.3 Å². The molecule has 0 aliphatic carbocycles. The number of nitrogens with one attached hydrogen (secondary N) is 1. The molecule has 1 N–H and O–H groups in total. The largest absolute Gasteiger partial charge is 0.493 e. The molecule has 3 aromatic carbocycles. The van der Waals surface area contributed by atoms with Crippen molar-refractivity contribution >= 4 is 35.5 Å². The lowest BCUT2D eigenvalue weighted by Gasteiger charge is -2.26. The first-order valence-electron chi connectivity index (χ1n) is 13.2. The minimum Gasteiger partial charge on any atom is -0.493 e. The number of hydrogen-bond donors (Lipinski definition) is 1. The number of carbonyl (C=O) groups is 3. The summed E-state index contributed by atoms with van der Waals surface area (Å²) in [7, 11) is 1.51. The van der Waals surface area contributed by atoms with Gasteiger partial charge < -0.3 is 18.9 Å². The number of carbonyl (C=O) groups excluding carboxylic acids is 3. The van der Waals surface area contributed by atoms with E-state index in [1.54, 1.807) is 42.5 Å². The van der Waals surface area contributed by atoms with E-state index in [0.29, 0.717) is 52.4 Å². The van der Waals surface area contributed by atoms with Gasteiger partial charge in [0.25, 0.3) is 11.8 Å². The van der Waals surface area contributed by atoms with Gasteiger partial charge in [-0.05, 0) is 60.9 Å². The van der Waals surface area contributed by atoms with Crippen LogP contribution in [0, 0.1) is 0 Å². The molecule has 1 saturated heterocycles. The molecule has 0 saturated carbocycles. The van der Waals surface area contributed by atoms with Crippen LogP contribution in [0.4, 0.5) is 4.79 Å². The van der Waals surface area contributed by atoms with Gasteiger partial charge in [0.1, 0.15) is 12.2 Å². The molecule has 4 rings (SSSR count). The Bertz CT molecular complexity index is 1470. The van der Waals surface area contributed by atoms with Gasteiger partial charge in [-0.2, -0.15) is 0 Å². The summed E-state index contributed by atoms with van der Waals surface area (Å²) < 4.78 is 22.8. The summed E-state index contributed by atoms with van der Waals surface area (Å²) in [5.41, 5.74) is 1.77. The first kappa shape index (κ1) is 29.5. The van der Waals surface area contributed by atoms with E-state index in [-0.39, 0.29) is 18.7 Å². The molecule has 9 nitrogen and oxygen atoms in total. The molecule has 10 heteroatoms. The third-order valence-electron chi connectivity index (χ3n) is 6.14. The van der Waals surface area contributed by atoms with Crippen molar-refractivity contribution in [1.82, 2.24) is 10.2 Å². The fraction of sp³-hybridized carbons (Fsp3) is 0.258. The minimum atomic E-state index is -0.805. The molecular formula is C31H31ClN2O7. The van der Waals surface area contributed by atoms with Gasteiger partial charge in [-0.25, -0.2) is 4.79 Å². The normalized spacial score (nSPS) is 14.2. The molecule has 214 valence electrons. The van der Waals surface area contributed by atoms with Crippen molar-refractivity contribution in [2.75, 3.05) is 20.3 Å². The van der Waals surface area contributed by atoms with Gasteiger partial charge in [-0.15, -0.1) is 0 Å². The summed E-state index contributed by atoms with van der Waals surface area (Å²) in [4.78, 5) is 39.6. The van der Waals surface area contributed by atoms with Gasteiger partial charge in [0.15, 0.2) is 23.0 Å². The first-order chi connectivity index (χ1) is 19.8. The van der Waals surface area contributed by atoms with E-state index in [1.165, 1.54) is 13.2 Å². The maximum Gasteiger partial charge on any atom is 0.331 e. The van der Waals surface area contributed by atoms with E-state index in [1.807, 2.05) is 32.0 Å². The lowest BCUT2D eigenvalue weighted by atomic mass is 10.1. The van der Waals surface area contributed by atoms with E-state index in [2.05, 4.69) is 5.32 Å². The van der Waals surface area contributed by atoms with Crippen molar-refractivity contribution in [2.24, 2.45) is 0 Å². The predicted octanol–water partition coefficient (Wildman–Crippen LogP) is 5.78. The molecule has 1 aliphatic rings. The number of halogens is 1. The van der Waals surface area contributed by atoms with Gasteiger partial charge in [-0.1, -0.05) is 48.9 Å². The standard InChI is InChI=1S/C31H31ClN2O7/c1-4-14-40-25-13-11-21(17-27(25)38-3)18-34-30(36)23(29(35)33-31(34)37)15-20-10-12-26(28(16-20)39-5-2)41-19-22-8-6-7-9-24(22)32/h6-13,15-17H,4-5,14,18-19H2,1-3H3,(H,33,35,37)/b23-15+. The quantitative estimate of drug-likeness (QED) is 0.215. The molecule has 1 fully saturated rings. The van der Waals surface area contributed by atoms with Gasteiger partial charge in [0.2, 0.25) is 0 Å². The molecule has 3 aromatic rings. The molecule has 1 aliphatic heterocycles. The Kier molecular flexibility index (Phi) is 9.86. The summed E-state index contributed by atoms with van der Waals surface area (Å²) in [6, 6.07) is 16.8. The number of methoxy groups -OCH3 is 1. The number of rotatable bonds is 12. The smallest absolute Gasteiger partial charge is 0.331 e. The van der Waals surface area contributed by atoms with E-state index in [0.717, 1.165) is 16.9 Å². The van der Waals surface area contributed by atoms with Crippen molar-refractivity contribution in [3.05, 3.63) is 87.9 Å². The maximum atomic E-state index is 13.3. The average Bonchev–Trinajstić information content (AvgIpc) is 2.97. The van der Waals surface area contributed by atoms with Gasteiger partial charge in [0, 0.05) is 10.6 Å². The monoisotopic (exact) mass is 578 g/mol. The van der Waals surface area contributed by atoms with Crippen LogP contribution in [-0.4, -0.2) is 43.1 Å². The maximum absolute atomic E-state index is 13.3. The molecule has 4 amide bonds. The van der Waals surface area contributed by atoms with Crippen LogP contribution in [0.3, 0.4) is 0 Å². The zero-order chi connectivity index (χ0) is 29.4. The summed E-state index contributed by atoms with van der Waals surface area (Å²) in [6.07, 6.45) is 2.25. The summed E-state index contributed by atoms with van der Waals surface area (Å²) in [5.74, 6) is 0.448. The zero-order valence-electron chi connectivity index (χ0n) is 23.1. The van der Waals surface area contributed by atoms with E-state index >= 15 is 0 Å². The lowest BCUT2D eigenvalue weighted by molar-refractivity contribution is -0.130. The SMILES string of the molecule is CCCOc1ccc(CN2C(=O)NC(=O)/C(=C\c3ccc(OCc4ccccc4Cl)c(OCC)c3)C2=O)cc1OC. The molecular weight excluding hydrogens is 548 g/mol. The third-order valence-corrected chi connectivity index (χ3v) is 6.50. The van der Waals surface area contributed by atoms with Crippen LogP contribution in [0.5, 0.6) is 23.0 Å². The topological polar surface area (TPSA) is 103 Å². The number of hydrogen-bond acceptors (Lipinski definition) is 7. The summed E-state index contributed by atoms with van der Waals surface area (Å²) >= 11 is 6.24. The summed E-state index contributed by atoms with van der Waals surface area (Å²) in [5, 5.41) is 2.84. The summed E-state index contributed by atoms with van der Waals surface area (Å²) in [6.45, 7) is 4.89. The number of nitrogens with zero attached hydrogens (tertiary/aromatic N) is 1. The van der Waals surface area contributed by atoms with Gasteiger partial charge in [-0.3, -0.25) is 19.8 Å². The van der Waals surface area contributed by atoms with Crippen molar-refractivity contribution in [3.63, 3.8) is 0 Å². The Morgan fingerprint density at radius 2 is 1.63 bits per heavy atom. The number of ether oxygens (including phenoxy) is 4. The van der Waals surface area contributed by atoms with Crippen LogP contribution in [0.1, 0.15) is 37.0 Å².